The summed E-state index contributed by atoms with van der Waals surface area (Å²) in [5.74, 6) is 0.469. The van der Waals surface area contributed by atoms with Crippen LogP contribution in [0.1, 0.15) is 28.5 Å². The van der Waals surface area contributed by atoms with Crippen molar-refractivity contribution in [2.24, 2.45) is 11.5 Å². The van der Waals surface area contributed by atoms with Crippen LogP contribution in [0.4, 0.5) is 0 Å². The van der Waals surface area contributed by atoms with Crippen LogP contribution in [-0.4, -0.2) is 110 Å². The van der Waals surface area contributed by atoms with Gasteiger partial charge in [0, 0.05) is 38.0 Å². The van der Waals surface area contributed by atoms with Crippen molar-refractivity contribution in [1.29, 1.82) is 0 Å². The molecule has 5 rings (SSSR count). The van der Waals surface area contributed by atoms with Gasteiger partial charge in [0.1, 0.15) is 0 Å². The quantitative estimate of drug-likeness (QED) is 0.0237. The topological polar surface area (TPSA) is 376 Å². The number of H-pyrrole nitrogens is 5. The normalized spacial score (nSPS) is 10.2. The zero-order chi connectivity index (χ0) is 31.6. The van der Waals surface area contributed by atoms with Crippen LogP contribution in [0.5, 0.6) is 0 Å². The molecule has 0 aliphatic rings. The van der Waals surface area contributed by atoms with Crippen molar-refractivity contribution in [3.05, 3.63) is 59.5 Å². The summed E-state index contributed by atoms with van der Waals surface area (Å²) in [4.78, 5) is 16.8. The van der Waals surface area contributed by atoms with E-state index in [1.54, 1.807) is 24.8 Å². The molecule has 0 radical (unpaired) electrons. The molecule has 0 aromatic carbocycles. The highest BCUT2D eigenvalue weighted by atomic mass is 32.2. The minimum absolute atomic E-state index is 0.131. The number of aromatic amines is 5. The molecular weight excluding hydrogens is 617 g/mol. The molecule has 0 aliphatic carbocycles. The van der Waals surface area contributed by atoms with Gasteiger partial charge >= 0.3 is 7.60 Å². The zero-order valence-electron chi connectivity index (χ0n) is 22.3. The Morgan fingerprint density at radius 3 is 1.51 bits per heavy atom. The number of aliphatic hydroxyl groups is 1. The second-order valence-electron chi connectivity index (χ2n) is 7.25. The number of nitrogens with two attached hydrogens (primary N) is 2. The summed E-state index contributed by atoms with van der Waals surface area (Å²) in [5.41, 5.74) is 13.9. The van der Waals surface area contributed by atoms with Gasteiger partial charge in [-0.15, -0.1) is 4.33 Å². The molecule has 5 aromatic heterocycles. The summed E-state index contributed by atoms with van der Waals surface area (Å²) in [6.07, 6.45) is 8.71. The minimum atomic E-state index is -3.98. The zero-order valence-corrected chi connectivity index (χ0v) is 24.0. The van der Waals surface area contributed by atoms with Crippen LogP contribution in [0.2, 0.25) is 0 Å². The van der Waals surface area contributed by atoms with E-state index >= 15 is 0 Å². The first kappa shape index (κ1) is 37.0. The smallest absolute Gasteiger partial charge is 0.331 e. The third-order valence-corrected chi connectivity index (χ3v) is 5.26. The molecule has 0 amide bonds. The first-order valence-electron chi connectivity index (χ1n) is 11.7. The van der Waals surface area contributed by atoms with Gasteiger partial charge in [0.25, 0.3) is 0 Å². The lowest BCUT2D eigenvalue weighted by Crippen LogP contribution is -2.02. The Labute approximate surface area is 246 Å². The standard InChI is InChI=1S/C4H8N4.C4H7N3O.C3H6N4.C3H6N3O3P.C3H5N3O3S/c5-2-1-4-3-6-8-7-4;8-2-1-4-3-5-7-6-4;4-1-3-2-5-7-6-3;7-10(8,9)2-3-1-4-6-5-3;7-8-9-10-2-3-1-4-6-5-3/h3H,1-2,5H2,(H,6,7,8);3,8H,1-2H2,(H,5,6,7);2H,1,4H2,(H,5,6,7);1H,2H2,(H,4,5,6)(H2,7,8,9);1,7H,2H2,(H,4,5,6). The highest BCUT2D eigenvalue weighted by Gasteiger charge is 2.15. The van der Waals surface area contributed by atoms with Gasteiger partial charge in [-0.25, -0.2) is 5.26 Å². The van der Waals surface area contributed by atoms with Gasteiger partial charge in [-0.2, -0.15) is 77.1 Å². The molecule has 0 fully saturated rings. The predicted octanol–water partition coefficient (Wildman–Crippen LogP) is -2.23. The average Bonchev–Trinajstić information content (AvgIpc) is 3.82. The lowest BCUT2D eigenvalue weighted by atomic mass is 10.3. The molecule has 0 aliphatic heterocycles. The van der Waals surface area contributed by atoms with E-state index in [0.717, 1.165) is 41.2 Å². The van der Waals surface area contributed by atoms with Gasteiger partial charge in [0.15, 0.2) is 0 Å². The van der Waals surface area contributed by atoms with Gasteiger partial charge in [-0.3, -0.25) is 4.57 Å². The fraction of sp³-hybridized carbons (Fsp3) is 0.412. The molecule has 43 heavy (non-hydrogen) atoms. The molecule has 0 atom stereocenters. The SMILES string of the molecule is NCCc1cn[nH]n1.NCc1cn[nH]n1.O=P(O)(O)Cc1cn[nH]n1.OCCc1cn[nH]n1.OOOSCc1cn[nH]n1. The Kier molecular flexibility index (Phi) is 20.2. The Morgan fingerprint density at radius 2 is 1.16 bits per heavy atom. The van der Waals surface area contributed by atoms with Crippen molar-refractivity contribution in [2.75, 3.05) is 13.2 Å². The molecule has 5 heterocycles. The predicted molar refractivity (Wildman–Crippen MR) is 145 cm³/mol. The van der Waals surface area contributed by atoms with E-state index in [4.69, 9.17) is 31.6 Å². The number of rotatable bonds is 11. The van der Waals surface area contributed by atoms with Crippen molar-refractivity contribution in [2.45, 2.75) is 31.3 Å². The van der Waals surface area contributed by atoms with Crippen LogP contribution < -0.4 is 11.5 Å². The minimum Gasteiger partial charge on any atom is -0.396 e. The van der Waals surface area contributed by atoms with Gasteiger partial charge in [-0.1, -0.05) is 5.04 Å². The summed E-state index contributed by atoms with van der Waals surface area (Å²) in [7, 11) is -3.98. The van der Waals surface area contributed by atoms with Crippen LogP contribution in [0.15, 0.2) is 31.0 Å². The molecule has 0 spiro atoms. The van der Waals surface area contributed by atoms with Gasteiger partial charge in [-0.05, 0) is 6.54 Å². The fourth-order valence-electron chi connectivity index (χ4n) is 2.19. The number of hydrogen-bond acceptors (Lipinski definition) is 18. The van der Waals surface area contributed by atoms with E-state index in [-0.39, 0.29) is 18.5 Å². The molecule has 0 unspecified atom stereocenters. The number of nitrogens with one attached hydrogen (secondary N) is 5. The average molecular weight is 650 g/mol. The number of nitrogens with zero attached hydrogens (tertiary/aromatic N) is 10. The van der Waals surface area contributed by atoms with Gasteiger partial charge < -0.3 is 26.4 Å². The summed E-state index contributed by atoms with van der Waals surface area (Å²) >= 11 is 0.916. The Hall–Kier alpha value is -4.04. The lowest BCUT2D eigenvalue weighted by molar-refractivity contribution is -0.432. The molecule has 0 saturated heterocycles. The van der Waals surface area contributed by atoms with E-state index in [9.17, 15) is 4.57 Å². The summed E-state index contributed by atoms with van der Waals surface area (Å²) in [6.45, 7) is 1.22. The number of aliphatic hydroxyl groups excluding tert-OH is 1. The summed E-state index contributed by atoms with van der Waals surface area (Å²) in [6, 6.07) is 0. The van der Waals surface area contributed by atoms with Crippen molar-refractivity contribution < 1.29 is 34.1 Å². The van der Waals surface area contributed by atoms with Crippen molar-refractivity contribution in [3.63, 3.8) is 0 Å². The van der Waals surface area contributed by atoms with Crippen LogP contribution in [0.25, 0.3) is 0 Å². The first-order chi connectivity index (χ1) is 20.8. The molecule has 5 aromatic rings. The Morgan fingerprint density at radius 1 is 0.721 bits per heavy atom. The Balaban J connectivity index is 0.000000270. The van der Waals surface area contributed by atoms with E-state index in [0.29, 0.717) is 25.3 Å². The fourth-order valence-corrected chi connectivity index (χ4v) is 3.12. The van der Waals surface area contributed by atoms with E-state index in [2.05, 4.69) is 86.4 Å². The molecule has 0 bridgehead atoms. The third-order valence-electron chi connectivity index (χ3n) is 3.96. The molecule has 0 saturated carbocycles. The molecule has 13 N–H and O–H groups in total. The monoisotopic (exact) mass is 649 g/mol. The van der Waals surface area contributed by atoms with E-state index < -0.39 is 7.60 Å². The van der Waals surface area contributed by atoms with Crippen LogP contribution in [0.3, 0.4) is 0 Å². The summed E-state index contributed by atoms with van der Waals surface area (Å²) in [5, 5.41) is 67.5. The van der Waals surface area contributed by atoms with Crippen LogP contribution >= 0.6 is 19.6 Å². The molecule has 26 heteroatoms. The third kappa shape index (κ3) is 20.5. The van der Waals surface area contributed by atoms with Crippen molar-refractivity contribution >= 4 is 19.6 Å². The highest BCUT2D eigenvalue weighted by Crippen LogP contribution is 2.37. The highest BCUT2D eigenvalue weighted by molar-refractivity contribution is 7.93. The van der Waals surface area contributed by atoms with Crippen molar-refractivity contribution in [1.82, 2.24) is 77.1 Å². The van der Waals surface area contributed by atoms with Gasteiger partial charge in [0.05, 0.1) is 71.4 Å². The molecular formula is C17H32N17O7PS. The maximum atomic E-state index is 10.3. The second kappa shape index (κ2) is 23.5. The second-order valence-corrected chi connectivity index (χ2v) is 9.56. The van der Waals surface area contributed by atoms with Crippen LogP contribution in [0, 0.1) is 0 Å². The largest absolute Gasteiger partial charge is 0.396 e. The van der Waals surface area contributed by atoms with Crippen molar-refractivity contribution in [3.8, 4) is 0 Å². The van der Waals surface area contributed by atoms with E-state index in [1.807, 2.05) is 0 Å². The van der Waals surface area contributed by atoms with Crippen LogP contribution in [-0.2, 0) is 45.2 Å². The Bertz CT molecular complexity index is 1240. The number of hydrogen-bond donors (Lipinski definition) is 11. The lowest BCUT2D eigenvalue weighted by Gasteiger charge is -1.97. The molecule has 24 nitrogen and oxygen atoms in total. The maximum Gasteiger partial charge on any atom is 0.331 e. The molecule has 238 valence electrons. The number of aromatic nitrogens is 15. The summed E-state index contributed by atoms with van der Waals surface area (Å²) < 4.78 is 14.4. The maximum absolute atomic E-state index is 10.3. The van der Waals surface area contributed by atoms with E-state index in [1.165, 1.54) is 6.20 Å². The van der Waals surface area contributed by atoms with Gasteiger partial charge in [0.2, 0.25) is 0 Å². The first-order valence-corrected chi connectivity index (χ1v) is 14.4.